The molecule has 0 aromatic rings. The second-order valence-electron chi connectivity index (χ2n) is 2.45. The molecule has 1 rings (SSSR count). The number of halogens is 1. The Morgan fingerprint density at radius 2 is 2.36 bits per heavy atom. The van der Waals surface area contributed by atoms with Gasteiger partial charge in [0.05, 0.1) is 0 Å². The van der Waals surface area contributed by atoms with Gasteiger partial charge < -0.3 is 5.73 Å². The van der Waals surface area contributed by atoms with Crippen LogP contribution in [-0.4, -0.2) is 6.54 Å². The Hall–Kier alpha value is -0.530. The molecule has 2 N–H and O–H groups in total. The molecule has 0 fully saturated rings. The standard InChI is InChI=1S/C9H12ClN/c10-9-5-3-1-2-4-8(9)6-7-11/h1,3-5H,2,6-7,11H2. The van der Waals surface area contributed by atoms with Crippen molar-refractivity contribution in [3.05, 3.63) is 34.9 Å². The molecule has 0 saturated carbocycles. The molecular formula is C9H12ClN. The van der Waals surface area contributed by atoms with Gasteiger partial charge in [0.15, 0.2) is 0 Å². The maximum absolute atomic E-state index is 5.95. The molecule has 0 atom stereocenters. The van der Waals surface area contributed by atoms with Gasteiger partial charge >= 0.3 is 0 Å². The van der Waals surface area contributed by atoms with E-state index in [9.17, 15) is 0 Å². The lowest BCUT2D eigenvalue weighted by Gasteiger charge is -2.01. The fourth-order valence-electron chi connectivity index (χ4n) is 1.02. The first-order valence-corrected chi connectivity index (χ1v) is 4.14. The molecule has 0 aromatic heterocycles. The molecular weight excluding hydrogens is 158 g/mol. The zero-order valence-electron chi connectivity index (χ0n) is 6.39. The van der Waals surface area contributed by atoms with Crippen molar-refractivity contribution in [3.8, 4) is 0 Å². The summed E-state index contributed by atoms with van der Waals surface area (Å²) in [5.74, 6) is 0. The van der Waals surface area contributed by atoms with Crippen molar-refractivity contribution < 1.29 is 0 Å². The van der Waals surface area contributed by atoms with E-state index in [1.54, 1.807) is 0 Å². The predicted molar refractivity (Wildman–Crippen MR) is 49.4 cm³/mol. The topological polar surface area (TPSA) is 26.0 Å². The molecule has 1 aliphatic rings. The number of allylic oxidation sites excluding steroid dienone is 5. The molecule has 1 nitrogen and oxygen atoms in total. The highest BCUT2D eigenvalue weighted by Crippen LogP contribution is 2.20. The van der Waals surface area contributed by atoms with Crippen LogP contribution in [0.4, 0.5) is 0 Å². The summed E-state index contributed by atoms with van der Waals surface area (Å²) in [7, 11) is 0. The summed E-state index contributed by atoms with van der Waals surface area (Å²) < 4.78 is 0. The third kappa shape index (κ3) is 2.52. The average Bonchev–Trinajstić information content (AvgIpc) is 2.18. The number of hydrogen-bond acceptors (Lipinski definition) is 1. The van der Waals surface area contributed by atoms with Crippen LogP contribution >= 0.6 is 11.6 Å². The van der Waals surface area contributed by atoms with Gasteiger partial charge in [0.1, 0.15) is 0 Å². The Kier molecular flexibility index (Phi) is 3.40. The van der Waals surface area contributed by atoms with Gasteiger partial charge in [-0.2, -0.15) is 0 Å². The van der Waals surface area contributed by atoms with E-state index in [1.165, 1.54) is 5.57 Å². The van der Waals surface area contributed by atoms with Crippen molar-refractivity contribution in [2.75, 3.05) is 6.54 Å². The Morgan fingerprint density at radius 3 is 3.09 bits per heavy atom. The minimum atomic E-state index is 0.663. The van der Waals surface area contributed by atoms with Crippen LogP contribution in [0.25, 0.3) is 0 Å². The summed E-state index contributed by atoms with van der Waals surface area (Å²) in [4.78, 5) is 0. The molecule has 0 bridgehead atoms. The molecule has 60 valence electrons. The minimum absolute atomic E-state index is 0.663. The first-order chi connectivity index (χ1) is 5.34. The normalized spacial score (nSPS) is 17.3. The van der Waals surface area contributed by atoms with Crippen LogP contribution in [0.2, 0.25) is 0 Å². The third-order valence-corrected chi connectivity index (χ3v) is 1.97. The van der Waals surface area contributed by atoms with E-state index in [2.05, 4.69) is 12.2 Å². The Bertz CT molecular complexity index is 214. The van der Waals surface area contributed by atoms with Gasteiger partial charge in [-0.25, -0.2) is 0 Å². The van der Waals surface area contributed by atoms with Crippen LogP contribution in [-0.2, 0) is 0 Å². The second kappa shape index (κ2) is 4.37. The molecule has 0 unspecified atom stereocenters. The highest BCUT2D eigenvalue weighted by molar-refractivity contribution is 6.32. The number of nitrogens with two attached hydrogens (primary N) is 1. The van der Waals surface area contributed by atoms with Gasteiger partial charge in [-0.15, -0.1) is 0 Å². The molecule has 0 spiro atoms. The molecule has 0 radical (unpaired) electrons. The average molecular weight is 170 g/mol. The maximum atomic E-state index is 5.95. The fraction of sp³-hybridized carbons (Fsp3) is 0.333. The minimum Gasteiger partial charge on any atom is -0.330 e. The van der Waals surface area contributed by atoms with Crippen LogP contribution in [0.5, 0.6) is 0 Å². The van der Waals surface area contributed by atoms with Gasteiger partial charge in [0, 0.05) is 5.03 Å². The van der Waals surface area contributed by atoms with Gasteiger partial charge in [-0.1, -0.05) is 29.8 Å². The molecule has 2 heteroatoms. The lowest BCUT2D eigenvalue weighted by Crippen LogP contribution is -2.00. The molecule has 1 aliphatic carbocycles. The summed E-state index contributed by atoms with van der Waals surface area (Å²) in [5, 5.41) is 0.823. The Balaban J connectivity index is 2.69. The van der Waals surface area contributed by atoms with Gasteiger partial charge in [0.25, 0.3) is 0 Å². The zero-order valence-corrected chi connectivity index (χ0v) is 7.14. The van der Waals surface area contributed by atoms with Crippen molar-refractivity contribution in [1.82, 2.24) is 0 Å². The Morgan fingerprint density at radius 1 is 1.55 bits per heavy atom. The molecule has 0 aliphatic heterocycles. The second-order valence-corrected chi connectivity index (χ2v) is 2.85. The third-order valence-electron chi connectivity index (χ3n) is 1.60. The SMILES string of the molecule is NCCC1=CCC=CC=C1Cl. The van der Waals surface area contributed by atoms with E-state index in [0.717, 1.165) is 17.9 Å². The molecule has 11 heavy (non-hydrogen) atoms. The quantitative estimate of drug-likeness (QED) is 0.675. The number of hydrogen-bond donors (Lipinski definition) is 1. The zero-order chi connectivity index (χ0) is 8.10. The molecule has 0 saturated heterocycles. The van der Waals surface area contributed by atoms with E-state index in [0.29, 0.717) is 6.54 Å². The van der Waals surface area contributed by atoms with E-state index in [1.807, 2.05) is 12.2 Å². The first-order valence-electron chi connectivity index (χ1n) is 3.76. The first kappa shape index (κ1) is 8.57. The lowest BCUT2D eigenvalue weighted by molar-refractivity contribution is 0.964. The predicted octanol–water partition coefficient (Wildman–Crippen LogP) is 2.34. The van der Waals surface area contributed by atoms with Crippen LogP contribution in [0, 0.1) is 0 Å². The maximum Gasteiger partial charge on any atom is 0.0435 e. The van der Waals surface area contributed by atoms with Crippen LogP contribution in [0.1, 0.15) is 12.8 Å². The van der Waals surface area contributed by atoms with Crippen molar-refractivity contribution >= 4 is 11.6 Å². The Labute approximate surface area is 72.2 Å². The highest BCUT2D eigenvalue weighted by Gasteiger charge is 2.00. The van der Waals surface area contributed by atoms with Crippen molar-refractivity contribution in [2.45, 2.75) is 12.8 Å². The van der Waals surface area contributed by atoms with Crippen molar-refractivity contribution in [2.24, 2.45) is 5.73 Å². The lowest BCUT2D eigenvalue weighted by atomic mass is 10.1. The van der Waals surface area contributed by atoms with Crippen LogP contribution in [0.15, 0.2) is 34.9 Å². The van der Waals surface area contributed by atoms with Gasteiger partial charge in [0.2, 0.25) is 0 Å². The van der Waals surface area contributed by atoms with E-state index < -0.39 is 0 Å². The van der Waals surface area contributed by atoms with E-state index >= 15 is 0 Å². The summed E-state index contributed by atoms with van der Waals surface area (Å²) in [6.07, 6.45) is 9.92. The van der Waals surface area contributed by atoms with Crippen molar-refractivity contribution in [1.29, 1.82) is 0 Å². The summed E-state index contributed by atoms with van der Waals surface area (Å²) >= 11 is 5.95. The fourth-order valence-corrected chi connectivity index (χ4v) is 1.27. The van der Waals surface area contributed by atoms with E-state index in [-0.39, 0.29) is 0 Å². The highest BCUT2D eigenvalue weighted by atomic mass is 35.5. The summed E-state index contributed by atoms with van der Waals surface area (Å²) in [5.41, 5.74) is 6.59. The summed E-state index contributed by atoms with van der Waals surface area (Å²) in [6, 6.07) is 0. The van der Waals surface area contributed by atoms with E-state index in [4.69, 9.17) is 17.3 Å². The summed E-state index contributed by atoms with van der Waals surface area (Å²) in [6.45, 7) is 0.663. The monoisotopic (exact) mass is 169 g/mol. The van der Waals surface area contributed by atoms with Crippen molar-refractivity contribution in [3.63, 3.8) is 0 Å². The number of rotatable bonds is 2. The largest absolute Gasteiger partial charge is 0.330 e. The van der Waals surface area contributed by atoms with Crippen LogP contribution in [0.3, 0.4) is 0 Å². The van der Waals surface area contributed by atoms with Gasteiger partial charge in [-0.3, -0.25) is 0 Å². The van der Waals surface area contributed by atoms with Crippen LogP contribution < -0.4 is 5.73 Å². The smallest absolute Gasteiger partial charge is 0.0435 e. The molecule has 0 heterocycles. The molecule has 0 amide bonds. The molecule has 0 aromatic carbocycles. The van der Waals surface area contributed by atoms with Gasteiger partial charge in [-0.05, 0) is 31.0 Å².